The molecule has 0 aromatic carbocycles. The molecule has 0 bridgehead atoms. The first-order valence-electron chi connectivity index (χ1n) is 8.75. The van der Waals surface area contributed by atoms with E-state index in [1.807, 2.05) is 6.26 Å². The van der Waals surface area contributed by atoms with Crippen molar-refractivity contribution in [2.75, 3.05) is 6.54 Å². The zero-order valence-corrected chi connectivity index (χ0v) is 13.6. The van der Waals surface area contributed by atoms with Crippen LogP contribution in [0, 0.1) is 5.92 Å². The summed E-state index contributed by atoms with van der Waals surface area (Å²) in [5.41, 5.74) is 1.38. The smallest absolute Gasteiger partial charge is 0.122 e. The zero-order valence-electron chi connectivity index (χ0n) is 13.6. The molecule has 0 aliphatic heterocycles. The van der Waals surface area contributed by atoms with Gasteiger partial charge in [-0.1, -0.05) is 26.7 Å². The van der Waals surface area contributed by atoms with E-state index >= 15 is 0 Å². The van der Waals surface area contributed by atoms with Crippen LogP contribution in [0.4, 0.5) is 0 Å². The quantitative estimate of drug-likeness (QED) is 0.786. The van der Waals surface area contributed by atoms with Gasteiger partial charge in [0.25, 0.3) is 0 Å². The molecule has 3 rings (SSSR count). The minimum Gasteiger partial charge on any atom is -0.468 e. The first-order chi connectivity index (χ1) is 10.2. The standard InChI is InChI=1S/C18H30N2O/c1-14(2)12-20(17-5-3-4-6-17)13-15-9-10-21-18(15)11-19-16-7-8-16/h9-10,14,16-17,19H,3-8,11-13H2,1-2H3. The SMILES string of the molecule is CC(C)CN(Cc1ccoc1CNC1CC1)C1CCCC1. The van der Waals surface area contributed by atoms with Crippen LogP contribution in [0.3, 0.4) is 0 Å². The molecule has 2 fully saturated rings. The molecule has 1 aromatic rings. The molecule has 0 unspecified atom stereocenters. The molecule has 0 spiro atoms. The molecule has 0 radical (unpaired) electrons. The topological polar surface area (TPSA) is 28.4 Å². The fourth-order valence-electron chi connectivity index (χ4n) is 3.49. The predicted octanol–water partition coefficient (Wildman–Crippen LogP) is 3.93. The summed E-state index contributed by atoms with van der Waals surface area (Å²) in [5.74, 6) is 1.87. The first-order valence-corrected chi connectivity index (χ1v) is 8.75. The van der Waals surface area contributed by atoms with Gasteiger partial charge < -0.3 is 9.73 Å². The number of furan rings is 1. The summed E-state index contributed by atoms with van der Waals surface area (Å²) < 4.78 is 5.72. The van der Waals surface area contributed by atoms with Crippen LogP contribution in [0.25, 0.3) is 0 Å². The maximum absolute atomic E-state index is 5.72. The third kappa shape index (κ3) is 4.33. The number of hydrogen-bond donors (Lipinski definition) is 1. The highest BCUT2D eigenvalue weighted by Gasteiger charge is 2.25. The average Bonchev–Trinajstić information content (AvgIpc) is 2.95. The summed E-state index contributed by atoms with van der Waals surface area (Å²) in [6.07, 6.45) is 10.1. The summed E-state index contributed by atoms with van der Waals surface area (Å²) in [7, 11) is 0. The highest BCUT2D eigenvalue weighted by molar-refractivity contribution is 5.17. The van der Waals surface area contributed by atoms with Crippen LogP contribution in [0.15, 0.2) is 16.7 Å². The molecule has 21 heavy (non-hydrogen) atoms. The molecular formula is C18H30N2O. The van der Waals surface area contributed by atoms with E-state index < -0.39 is 0 Å². The van der Waals surface area contributed by atoms with Crippen LogP contribution in [-0.4, -0.2) is 23.5 Å². The van der Waals surface area contributed by atoms with Crippen LogP contribution in [0.1, 0.15) is 63.7 Å². The molecule has 2 aliphatic carbocycles. The first kappa shape index (κ1) is 15.1. The Morgan fingerprint density at radius 3 is 2.67 bits per heavy atom. The average molecular weight is 290 g/mol. The van der Waals surface area contributed by atoms with Gasteiger partial charge in [0.1, 0.15) is 5.76 Å². The van der Waals surface area contributed by atoms with E-state index in [9.17, 15) is 0 Å². The van der Waals surface area contributed by atoms with Crippen molar-refractivity contribution < 1.29 is 4.42 Å². The summed E-state index contributed by atoms with van der Waals surface area (Å²) in [4.78, 5) is 2.70. The minimum atomic E-state index is 0.727. The summed E-state index contributed by atoms with van der Waals surface area (Å²) in [6, 6.07) is 3.70. The minimum absolute atomic E-state index is 0.727. The Labute approximate surface area is 129 Å². The van der Waals surface area contributed by atoms with E-state index in [4.69, 9.17) is 4.42 Å². The van der Waals surface area contributed by atoms with Crippen LogP contribution in [-0.2, 0) is 13.1 Å². The van der Waals surface area contributed by atoms with E-state index in [-0.39, 0.29) is 0 Å². The molecule has 1 N–H and O–H groups in total. The van der Waals surface area contributed by atoms with Crippen molar-refractivity contribution in [2.24, 2.45) is 5.92 Å². The fourth-order valence-corrected chi connectivity index (χ4v) is 3.49. The van der Waals surface area contributed by atoms with Gasteiger partial charge in [0.15, 0.2) is 0 Å². The summed E-state index contributed by atoms with van der Waals surface area (Å²) >= 11 is 0. The van der Waals surface area contributed by atoms with Crippen molar-refractivity contribution in [3.8, 4) is 0 Å². The molecule has 2 saturated carbocycles. The Morgan fingerprint density at radius 1 is 1.24 bits per heavy atom. The zero-order chi connectivity index (χ0) is 14.7. The van der Waals surface area contributed by atoms with Crippen molar-refractivity contribution in [1.29, 1.82) is 0 Å². The fraction of sp³-hybridized carbons (Fsp3) is 0.778. The van der Waals surface area contributed by atoms with Crippen LogP contribution in [0.2, 0.25) is 0 Å². The Balaban J connectivity index is 1.61. The molecule has 0 saturated heterocycles. The monoisotopic (exact) mass is 290 g/mol. The van der Waals surface area contributed by atoms with Gasteiger partial charge in [-0.2, -0.15) is 0 Å². The summed E-state index contributed by atoms with van der Waals surface area (Å²) in [6.45, 7) is 7.80. The second-order valence-corrected chi connectivity index (χ2v) is 7.29. The van der Waals surface area contributed by atoms with Gasteiger partial charge in [-0.3, -0.25) is 4.90 Å². The van der Waals surface area contributed by atoms with E-state index in [1.165, 1.54) is 50.6 Å². The molecule has 1 heterocycles. The lowest BCUT2D eigenvalue weighted by Gasteiger charge is -2.30. The molecule has 1 aromatic heterocycles. The van der Waals surface area contributed by atoms with Gasteiger partial charge in [-0.05, 0) is 37.7 Å². The van der Waals surface area contributed by atoms with Crippen molar-refractivity contribution in [3.05, 3.63) is 23.7 Å². The van der Waals surface area contributed by atoms with E-state index in [1.54, 1.807) is 0 Å². The second-order valence-electron chi connectivity index (χ2n) is 7.29. The van der Waals surface area contributed by atoms with Gasteiger partial charge in [-0.25, -0.2) is 0 Å². The largest absolute Gasteiger partial charge is 0.468 e. The maximum atomic E-state index is 5.72. The lowest BCUT2D eigenvalue weighted by molar-refractivity contribution is 0.167. The van der Waals surface area contributed by atoms with Gasteiger partial charge >= 0.3 is 0 Å². The van der Waals surface area contributed by atoms with Gasteiger partial charge in [0.2, 0.25) is 0 Å². The number of nitrogens with one attached hydrogen (secondary N) is 1. The number of hydrogen-bond acceptors (Lipinski definition) is 3. The molecule has 0 amide bonds. The van der Waals surface area contributed by atoms with Gasteiger partial charge in [0, 0.05) is 30.7 Å². The third-order valence-electron chi connectivity index (χ3n) is 4.78. The Hall–Kier alpha value is -0.800. The summed E-state index contributed by atoms with van der Waals surface area (Å²) in [5, 5.41) is 3.57. The van der Waals surface area contributed by atoms with E-state index in [0.29, 0.717) is 0 Å². The lowest BCUT2D eigenvalue weighted by atomic mass is 10.1. The van der Waals surface area contributed by atoms with Gasteiger partial charge in [-0.15, -0.1) is 0 Å². The van der Waals surface area contributed by atoms with Crippen molar-refractivity contribution in [3.63, 3.8) is 0 Å². The Bertz CT molecular complexity index is 430. The van der Waals surface area contributed by atoms with Crippen molar-refractivity contribution in [2.45, 2.75) is 77.5 Å². The van der Waals surface area contributed by atoms with Crippen LogP contribution >= 0.6 is 0 Å². The molecule has 3 heteroatoms. The highest BCUT2D eigenvalue weighted by atomic mass is 16.3. The molecule has 2 aliphatic rings. The van der Waals surface area contributed by atoms with Crippen LogP contribution in [0.5, 0.6) is 0 Å². The normalized spacial score (nSPS) is 20.0. The van der Waals surface area contributed by atoms with E-state index in [2.05, 4.69) is 30.1 Å². The molecule has 118 valence electrons. The van der Waals surface area contributed by atoms with Crippen molar-refractivity contribution in [1.82, 2.24) is 10.2 Å². The van der Waals surface area contributed by atoms with Crippen LogP contribution < -0.4 is 5.32 Å². The second kappa shape index (κ2) is 6.97. The number of nitrogens with zero attached hydrogens (tertiary/aromatic N) is 1. The van der Waals surface area contributed by atoms with Gasteiger partial charge in [0.05, 0.1) is 12.8 Å². The molecule has 3 nitrogen and oxygen atoms in total. The Morgan fingerprint density at radius 2 is 2.00 bits per heavy atom. The predicted molar refractivity (Wildman–Crippen MR) is 86.1 cm³/mol. The number of rotatable bonds is 8. The highest BCUT2D eigenvalue weighted by Crippen LogP contribution is 2.27. The third-order valence-corrected chi connectivity index (χ3v) is 4.78. The maximum Gasteiger partial charge on any atom is 0.122 e. The van der Waals surface area contributed by atoms with E-state index in [0.717, 1.165) is 36.9 Å². The lowest BCUT2D eigenvalue weighted by Crippen LogP contribution is -2.36. The Kier molecular flexibility index (Phi) is 5.02. The molecule has 0 atom stereocenters. The van der Waals surface area contributed by atoms with Crippen molar-refractivity contribution >= 4 is 0 Å². The molecular weight excluding hydrogens is 260 g/mol.